The molecule has 0 bridgehead atoms. The Morgan fingerprint density at radius 3 is 2.00 bits per heavy atom. The van der Waals surface area contributed by atoms with Gasteiger partial charge in [-0.15, -0.1) is 0 Å². The normalized spacial score (nSPS) is 12.0. The largest absolute Gasteiger partial charge is 0.383 e. The molecule has 0 unspecified atom stereocenters. The van der Waals surface area contributed by atoms with Crippen LogP contribution in [0.1, 0.15) is 16.7 Å². The summed E-state index contributed by atoms with van der Waals surface area (Å²) >= 11 is 3.68. The fourth-order valence-electron chi connectivity index (χ4n) is 3.39. The molecular formula is C28H23BrN2. The van der Waals surface area contributed by atoms with Crippen molar-refractivity contribution in [3.8, 4) is 11.1 Å². The molecule has 0 aliphatic rings. The van der Waals surface area contributed by atoms with E-state index in [1.165, 1.54) is 5.56 Å². The third kappa shape index (κ3) is 5.59. The highest BCUT2D eigenvalue weighted by molar-refractivity contribution is 9.10. The van der Waals surface area contributed by atoms with Crippen LogP contribution in [0.3, 0.4) is 0 Å². The molecular weight excluding hydrogens is 444 g/mol. The molecule has 0 radical (unpaired) electrons. The van der Waals surface area contributed by atoms with Gasteiger partial charge >= 0.3 is 0 Å². The van der Waals surface area contributed by atoms with Crippen LogP contribution >= 0.6 is 15.9 Å². The summed E-state index contributed by atoms with van der Waals surface area (Å²) < 4.78 is 1.00. The van der Waals surface area contributed by atoms with Gasteiger partial charge < -0.3 is 5.73 Å². The molecule has 0 saturated heterocycles. The fraction of sp³-hybridized carbons (Fsp3) is 0.0357. The van der Waals surface area contributed by atoms with Gasteiger partial charge in [-0.2, -0.15) is 0 Å². The van der Waals surface area contributed by atoms with Gasteiger partial charge in [0.15, 0.2) is 0 Å². The molecule has 0 aliphatic carbocycles. The van der Waals surface area contributed by atoms with Gasteiger partial charge in [-0.05, 0) is 41.3 Å². The van der Waals surface area contributed by atoms with E-state index in [9.17, 15) is 0 Å². The summed E-state index contributed by atoms with van der Waals surface area (Å²) in [6.45, 7) is 0. The average molecular weight is 467 g/mol. The first-order chi connectivity index (χ1) is 15.2. The lowest BCUT2D eigenvalue weighted by molar-refractivity contribution is 1.26. The minimum atomic E-state index is 0.501. The van der Waals surface area contributed by atoms with Crippen molar-refractivity contribution in [2.75, 3.05) is 0 Å². The predicted molar refractivity (Wildman–Crippen MR) is 135 cm³/mol. The number of hydrogen-bond acceptors (Lipinski definition) is 1. The lowest BCUT2D eigenvalue weighted by Crippen LogP contribution is -2.13. The zero-order valence-corrected chi connectivity index (χ0v) is 18.7. The van der Waals surface area contributed by atoms with Crippen molar-refractivity contribution in [1.82, 2.24) is 0 Å². The number of aliphatic imine (C=N–C) groups is 1. The third-order valence-electron chi connectivity index (χ3n) is 4.99. The minimum absolute atomic E-state index is 0.501. The quantitative estimate of drug-likeness (QED) is 0.238. The standard InChI is InChI=1S/C28H23BrN2/c29-26-19-24(22-12-6-2-7-13-22)18-25(20-26)27(17-16-21-10-4-1-5-11-21)31-28(30)23-14-8-3-9-15-23/h1-15,17-20H,16H2,(H2,30,31)/b27-17-. The average Bonchev–Trinajstić information content (AvgIpc) is 2.83. The van der Waals surface area contributed by atoms with E-state index in [1.54, 1.807) is 0 Å². The maximum Gasteiger partial charge on any atom is 0.131 e. The van der Waals surface area contributed by atoms with Crippen LogP contribution in [0.15, 0.2) is 125 Å². The number of benzene rings is 4. The van der Waals surface area contributed by atoms with Gasteiger partial charge in [-0.1, -0.05) is 113 Å². The molecule has 4 aromatic rings. The Morgan fingerprint density at radius 1 is 0.710 bits per heavy atom. The first-order valence-electron chi connectivity index (χ1n) is 10.2. The van der Waals surface area contributed by atoms with Crippen LogP contribution in [0.4, 0.5) is 0 Å². The van der Waals surface area contributed by atoms with Gasteiger partial charge in [0, 0.05) is 15.6 Å². The molecule has 4 aromatic carbocycles. The van der Waals surface area contributed by atoms with Crippen LogP contribution in [0.25, 0.3) is 16.8 Å². The Morgan fingerprint density at radius 2 is 1.32 bits per heavy atom. The number of hydrogen-bond donors (Lipinski definition) is 1. The summed E-state index contributed by atoms with van der Waals surface area (Å²) in [5, 5.41) is 0. The second-order valence-electron chi connectivity index (χ2n) is 7.24. The van der Waals surface area contributed by atoms with Crippen molar-refractivity contribution < 1.29 is 0 Å². The molecule has 0 atom stereocenters. The minimum Gasteiger partial charge on any atom is -0.383 e. The van der Waals surface area contributed by atoms with E-state index in [2.05, 4.69) is 76.6 Å². The van der Waals surface area contributed by atoms with Crippen molar-refractivity contribution in [3.63, 3.8) is 0 Å². The summed E-state index contributed by atoms with van der Waals surface area (Å²) in [7, 11) is 0. The lowest BCUT2D eigenvalue weighted by atomic mass is 10.0. The summed E-state index contributed by atoms with van der Waals surface area (Å²) in [6, 6.07) is 37.0. The second kappa shape index (κ2) is 10.1. The van der Waals surface area contributed by atoms with Crippen LogP contribution in [0.2, 0.25) is 0 Å². The number of allylic oxidation sites excluding steroid dienone is 1. The zero-order chi connectivity index (χ0) is 21.5. The van der Waals surface area contributed by atoms with E-state index < -0.39 is 0 Å². The Hall–Kier alpha value is -3.43. The SMILES string of the molecule is NC(=N/C(=C\Cc1ccccc1)c1cc(Br)cc(-c2ccccc2)c1)c1ccccc1. The highest BCUT2D eigenvalue weighted by Gasteiger charge is 2.08. The molecule has 0 saturated carbocycles. The smallest absolute Gasteiger partial charge is 0.131 e. The van der Waals surface area contributed by atoms with E-state index in [0.29, 0.717) is 5.84 Å². The molecule has 31 heavy (non-hydrogen) atoms. The van der Waals surface area contributed by atoms with Crippen molar-refractivity contribution in [2.24, 2.45) is 10.7 Å². The van der Waals surface area contributed by atoms with Crippen molar-refractivity contribution in [1.29, 1.82) is 0 Å². The van der Waals surface area contributed by atoms with E-state index in [0.717, 1.165) is 38.8 Å². The second-order valence-corrected chi connectivity index (χ2v) is 8.15. The molecule has 3 heteroatoms. The van der Waals surface area contributed by atoms with E-state index >= 15 is 0 Å². The predicted octanol–water partition coefficient (Wildman–Crippen LogP) is 7.11. The third-order valence-corrected chi connectivity index (χ3v) is 5.44. The molecule has 0 aromatic heterocycles. The lowest BCUT2D eigenvalue weighted by Gasteiger charge is -2.10. The molecule has 152 valence electrons. The number of nitrogens with zero attached hydrogens (tertiary/aromatic N) is 1. The first kappa shape index (κ1) is 20.8. The van der Waals surface area contributed by atoms with Crippen molar-refractivity contribution in [3.05, 3.63) is 136 Å². The monoisotopic (exact) mass is 466 g/mol. The Balaban J connectivity index is 1.78. The van der Waals surface area contributed by atoms with E-state index in [-0.39, 0.29) is 0 Å². The van der Waals surface area contributed by atoms with Crippen molar-refractivity contribution >= 4 is 27.5 Å². The Kier molecular flexibility index (Phi) is 6.75. The topological polar surface area (TPSA) is 38.4 Å². The van der Waals surface area contributed by atoms with Crippen LogP contribution in [-0.4, -0.2) is 5.84 Å². The van der Waals surface area contributed by atoms with Gasteiger partial charge in [0.1, 0.15) is 5.84 Å². The molecule has 0 fully saturated rings. The molecule has 0 aliphatic heterocycles. The van der Waals surface area contributed by atoms with Gasteiger partial charge in [0.05, 0.1) is 5.70 Å². The fourth-order valence-corrected chi connectivity index (χ4v) is 3.89. The van der Waals surface area contributed by atoms with Gasteiger partial charge in [0.25, 0.3) is 0 Å². The molecule has 2 N–H and O–H groups in total. The van der Waals surface area contributed by atoms with Crippen LogP contribution in [0, 0.1) is 0 Å². The molecule has 0 amide bonds. The number of rotatable bonds is 6. The van der Waals surface area contributed by atoms with Gasteiger partial charge in [0.2, 0.25) is 0 Å². The number of nitrogens with two attached hydrogens (primary N) is 1. The molecule has 0 heterocycles. The zero-order valence-electron chi connectivity index (χ0n) is 17.1. The summed E-state index contributed by atoms with van der Waals surface area (Å²) in [4.78, 5) is 4.84. The van der Waals surface area contributed by atoms with Crippen molar-refractivity contribution in [2.45, 2.75) is 6.42 Å². The first-order valence-corrected chi connectivity index (χ1v) is 11.0. The van der Waals surface area contributed by atoms with Gasteiger partial charge in [-0.3, -0.25) is 0 Å². The number of amidine groups is 1. The van der Waals surface area contributed by atoms with Crippen LogP contribution in [-0.2, 0) is 6.42 Å². The molecule has 4 rings (SSSR count). The maximum atomic E-state index is 6.39. The highest BCUT2D eigenvalue weighted by Crippen LogP contribution is 2.29. The highest BCUT2D eigenvalue weighted by atomic mass is 79.9. The summed E-state index contributed by atoms with van der Waals surface area (Å²) in [6.07, 6.45) is 2.91. The molecule has 0 spiro atoms. The molecule has 2 nitrogen and oxygen atoms in total. The summed E-state index contributed by atoms with van der Waals surface area (Å²) in [5.74, 6) is 0.501. The van der Waals surface area contributed by atoms with E-state index in [4.69, 9.17) is 10.7 Å². The van der Waals surface area contributed by atoms with Crippen LogP contribution in [0.5, 0.6) is 0 Å². The maximum absolute atomic E-state index is 6.39. The number of halogens is 1. The van der Waals surface area contributed by atoms with Gasteiger partial charge in [-0.25, -0.2) is 4.99 Å². The summed E-state index contributed by atoms with van der Waals surface area (Å²) in [5.41, 5.74) is 12.7. The Bertz CT molecular complexity index is 1200. The Labute approximate surface area is 191 Å². The van der Waals surface area contributed by atoms with E-state index in [1.807, 2.05) is 54.6 Å². The van der Waals surface area contributed by atoms with Crippen LogP contribution < -0.4 is 5.73 Å².